The summed E-state index contributed by atoms with van der Waals surface area (Å²) < 4.78 is 10.6. The lowest BCUT2D eigenvalue weighted by Gasteiger charge is -2.54. The van der Waals surface area contributed by atoms with E-state index >= 15 is 0 Å². The molecular formula is C17H18N2O3. The van der Waals surface area contributed by atoms with Gasteiger partial charge in [0.05, 0.1) is 7.11 Å². The van der Waals surface area contributed by atoms with Gasteiger partial charge in [-0.15, -0.1) is 0 Å². The fraction of sp³-hybridized carbons (Fsp3) is 0.294. The predicted octanol–water partition coefficient (Wildman–Crippen LogP) is 2.37. The maximum Gasteiger partial charge on any atom is 0.259 e. The van der Waals surface area contributed by atoms with Crippen molar-refractivity contribution < 1.29 is 14.3 Å². The molecular weight excluding hydrogens is 280 g/mol. The molecule has 22 heavy (non-hydrogen) atoms. The van der Waals surface area contributed by atoms with E-state index in [1.807, 2.05) is 43.3 Å². The van der Waals surface area contributed by atoms with Gasteiger partial charge in [0.2, 0.25) is 0 Å². The van der Waals surface area contributed by atoms with Gasteiger partial charge in [0, 0.05) is 25.2 Å². The van der Waals surface area contributed by atoms with Crippen molar-refractivity contribution in [1.29, 1.82) is 0 Å². The number of aromatic nitrogens is 1. The van der Waals surface area contributed by atoms with E-state index < -0.39 is 11.6 Å². The monoisotopic (exact) mass is 298 g/mol. The molecule has 2 heterocycles. The van der Waals surface area contributed by atoms with Gasteiger partial charge in [-0.05, 0) is 42.8 Å². The number of carbonyl (C=O) groups is 1. The van der Waals surface area contributed by atoms with E-state index in [9.17, 15) is 4.79 Å². The summed E-state index contributed by atoms with van der Waals surface area (Å²) in [5.41, 5.74) is 1.18. The Kier molecular flexibility index (Phi) is 3.58. The van der Waals surface area contributed by atoms with Crippen LogP contribution in [-0.2, 0) is 15.1 Å². The van der Waals surface area contributed by atoms with Crippen molar-refractivity contribution >= 4 is 11.6 Å². The summed E-state index contributed by atoms with van der Waals surface area (Å²) >= 11 is 0. The smallest absolute Gasteiger partial charge is 0.259 e. The van der Waals surface area contributed by atoms with Crippen LogP contribution < -0.4 is 9.64 Å². The van der Waals surface area contributed by atoms with Crippen LogP contribution in [0.25, 0.3) is 0 Å². The summed E-state index contributed by atoms with van der Waals surface area (Å²) in [5.74, 6) is 0.696. The van der Waals surface area contributed by atoms with Crippen LogP contribution in [-0.4, -0.2) is 31.2 Å². The number of anilines is 1. The number of ether oxygens (including phenoxy) is 2. The van der Waals surface area contributed by atoms with Crippen LogP contribution in [0.3, 0.4) is 0 Å². The van der Waals surface area contributed by atoms with Crippen LogP contribution in [0.5, 0.6) is 5.75 Å². The van der Waals surface area contributed by atoms with Crippen molar-refractivity contribution in [2.75, 3.05) is 19.1 Å². The number of carbonyl (C=O) groups excluding carboxylic acids is 1. The van der Waals surface area contributed by atoms with Gasteiger partial charge in [0.1, 0.15) is 11.3 Å². The minimum absolute atomic E-state index is 0.0565. The lowest BCUT2D eigenvalue weighted by Crippen LogP contribution is -2.71. The van der Waals surface area contributed by atoms with E-state index in [1.165, 1.54) is 0 Å². The Morgan fingerprint density at radius 2 is 1.91 bits per heavy atom. The molecule has 2 atom stereocenters. The molecule has 2 aromatic rings. The molecule has 5 nitrogen and oxygen atoms in total. The molecule has 0 N–H and O–H groups in total. The minimum Gasteiger partial charge on any atom is -0.497 e. The summed E-state index contributed by atoms with van der Waals surface area (Å²) in [4.78, 5) is 18.4. The molecule has 1 fully saturated rings. The molecule has 1 aliphatic heterocycles. The Labute approximate surface area is 129 Å². The van der Waals surface area contributed by atoms with E-state index in [4.69, 9.17) is 9.47 Å². The molecule has 0 saturated carbocycles. The van der Waals surface area contributed by atoms with E-state index in [1.54, 1.807) is 31.5 Å². The van der Waals surface area contributed by atoms with Gasteiger partial charge < -0.3 is 9.47 Å². The van der Waals surface area contributed by atoms with Gasteiger partial charge >= 0.3 is 0 Å². The number of amides is 1. The lowest BCUT2D eigenvalue weighted by atomic mass is 9.76. The van der Waals surface area contributed by atoms with E-state index in [0.717, 1.165) is 17.0 Å². The van der Waals surface area contributed by atoms with Crippen molar-refractivity contribution in [3.63, 3.8) is 0 Å². The first-order chi connectivity index (χ1) is 10.6. The lowest BCUT2D eigenvalue weighted by molar-refractivity contribution is -0.146. The molecule has 0 radical (unpaired) electrons. The SMILES string of the molecule is COc1ccc(N2C(=O)C(OC)C2(C)c2cccnc2)cc1. The molecule has 2 unspecified atom stereocenters. The molecule has 114 valence electrons. The second kappa shape index (κ2) is 5.42. The van der Waals surface area contributed by atoms with Crippen LogP contribution >= 0.6 is 0 Å². The Bertz CT molecular complexity index is 672. The van der Waals surface area contributed by atoms with Crippen LogP contribution in [0, 0.1) is 0 Å². The first kappa shape index (κ1) is 14.5. The molecule has 1 amide bonds. The number of hydrogen-bond donors (Lipinski definition) is 0. The maximum atomic E-state index is 12.5. The van der Waals surface area contributed by atoms with Gasteiger partial charge in [0.25, 0.3) is 5.91 Å². The zero-order chi connectivity index (χ0) is 15.7. The fourth-order valence-corrected chi connectivity index (χ4v) is 3.04. The first-order valence-corrected chi connectivity index (χ1v) is 7.04. The highest BCUT2D eigenvalue weighted by molar-refractivity contribution is 6.06. The van der Waals surface area contributed by atoms with Gasteiger partial charge in [-0.1, -0.05) is 6.07 Å². The maximum absolute atomic E-state index is 12.5. The largest absolute Gasteiger partial charge is 0.497 e. The molecule has 0 aliphatic carbocycles. The third-order valence-corrected chi connectivity index (χ3v) is 4.23. The van der Waals surface area contributed by atoms with Gasteiger partial charge in [-0.3, -0.25) is 14.7 Å². The number of rotatable bonds is 4. The Hall–Kier alpha value is -2.40. The molecule has 1 saturated heterocycles. The summed E-state index contributed by atoms with van der Waals surface area (Å²) in [7, 11) is 3.17. The quantitative estimate of drug-likeness (QED) is 0.813. The predicted molar refractivity (Wildman–Crippen MR) is 82.9 cm³/mol. The third-order valence-electron chi connectivity index (χ3n) is 4.23. The van der Waals surface area contributed by atoms with Crippen LogP contribution in [0.4, 0.5) is 5.69 Å². The summed E-state index contributed by atoms with van der Waals surface area (Å²) in [6, 6.07) is 11.2. The number of pyridine rings is 1. The standard InChI is InChI=1S/C17H18N2O3/c1-17(12-5-4-10-18-11-12)15(22-3)16(20)19(17)13-6-8-14(21-2)9-7-13/h4-11,15H,1-3H3. The molecule has 0 spiro atoms. The summed E-state index contributed by atoms with van der Waals surface area (Å²) in [6.45, 7) is 1.99. The minimum atomic E-state index is -0.575. The molecule has 5 heteroatoms. The van der Waals surface area contributed by atoms with Crippen molar-refractivity contribution in [3.8, 4) is 5.75 Å². The second-order valence-corrected chi connectivity index (χ2v) is 5.38. The zero-order valence-electron chi connectivity index (χ0n) is 12.8. The highest BCUT2D eigenvalue weighted by Gasteiger charge is 2.59. The topological polar surface area (TPSA) is 51.7 Å². The highest BCUT2D eigenvalue weighted by Crippen LogP contribution is 2.45. The summed E-state index contributed by atoms with van der Waals surface area (Å²) in [6.07, 6.45) is 2.97. The number of benzene rings is 1. The fourth-order valence-electron chi connectivity index (χ4n) is 3.04. The normalized spacial score (nSPS) is 24.0. The Morgan fingerprint density at radius 1 is 1.18 bits per heavy atom. The van der Waals surface area contributed by atoms with E-state index in [-0.39, 0.29) is 5.91 Å². The second-order valence-electron chi connectivity index (χ2n) is 5.38. The summed E-state index contributed by atoms with van der Waals surface area (Å²) in [5, 5.41) is 0. The molecule has 1 aromatic heterocycles. The average Bonchev–Trinajstić information content (AvgIpc) is 2.56. The number of methoxy groups -OCH3 is 2. The zero-order valence-corrected chi connectivity index (χ0v) is 12.8. The van der Waals surface area contributed by atoms with Crippen LogP contribution in [0.1, 0.15) is 12.5 Å². The molecule has 1 aliphatic rings. The number of nitrogens with zero attached hydrogens (tertiary/aromatic N) is 2. The molecule has 0 bridgehead atoms. The average molecular weight is 298 g/mol. The van der Waals surface area contributed by atoms with E-state index in [2.05, 4.69) is 4.98 Å². The van der Waals surface area contributed by atoms with Gasteiger partial charge in [-0.25, -0.2) is 0 Å². The number of hydrogen-bond acceptors (Lipinski definition) is 4. The Morgan fingerprint density at radius 3 is 2.45 bits per heavy atom. The van der Waals surface area contributed by atoms with Crippen molar-refractivity contribution in [2.24, 2.45) is 0 Å². The van der Waals surface area contributed by atoms with Crippen LogP contribution in [0.15, 0.2) is 48.8 Å². The van der Waals surface area contributed by atoms with E-state index in [0.29, 0.717) is 0 Å². The van der Waals surface area contributed by atoms with Gasteiger partial charge in [0.15, 0.2) is 6.10 Å². The first-order valence-electron chi connectivity index (χ1n) is 7.04. The van der Waals surface area contributed by atoms with Crippen LogP contribution in [0.2, 0.25) is 0 Å². The van der Waals surface area contributed by atoms with Crippen molar-refractivity contribution in [1.82, 2.24) is 4.98 Å². The number of β-lactam (4-membered cyclic amide) rings is 1. The molecule has 1 aromatic carbocycles. The highest BCUT2D eigenvalue weighted by atomic mass is 16.5. The van der Waals surface area contributed by atoms with Crippen molar-refractivity contribution in [2.45, 2.75) is 18.6 Å². The van der Waals surface area contributed by atoms with Gasteiger partial charge in [-0.2, -0.15) is 0 Å². The third kappa shape index (κ3) is 1.97. The Balaban J connectivity index is 2.03. The molecule has 3 rings (SSSR count). The van der Waals surface area contributed by atoms with Crippen molar-refractivity contribution in [3.05, 3.63) is 54.4 Å².